The first-order valence-electron chi connectivity index (χ1n) is 19.0. The molecule has 1 amide bonds. The molecule has 0 rings (SSSR count). The number of nitrogens with two attached hydrogens (primary N) is 1. The first-order valence-corrected chi connectivity index (χ1v) is 20.5. The standard InChI is InChI=1S/C37H73N2O7P/c1-3-5-7-9-11-12-13-14-15-16-17-18-19-20-21-23-24-26-28-34(40)32-37(42)39-35(33-46-47(43,44)45-31-30-38)36(41)29-27-25-22-10-8-6-4-2/h8,10,27,29,34-36,40-41H,3-7,9,11-26,28,30-33,38H2,1-2H3,(H,39,42)(H,43,44)/b10-8+,29-27+. The van der Waals surface area contributed by atoms with E-state index >= 15 is 0 Å². The van der Waals surface area contributed by atoms with E-state index in [1.807, 2.05) is 0 Å². The number of hydrogen-bond acceptors (Lipinski definition) is 7. The highest BCUT2D eigenvalue weighted by Gasteiger charge is 2.27. The van der Waals surface area contributed by atoms with Gasteiger partial charge in [0.25, 0.3) is 0 Å². The van der Waals surface area contributed by atoms with Gasteiger partial charge in [-0.3, -0.25) is 13.8 Å². The third kappa shape index (κ3) is 31.9. The number of aliphatic hydroxyl groups is 2. The largest absolute Gasteiger partial charge is 0.472 e. The van der Waals surface area contributed by atoms with Crippen molar-refractivity contribution in [1.29, 1.82) is 0 Å². The van der Waals surface area contributed by atoms with Crippen molar-refractivity contribution in [2.24, 2.45) is 5.73 Å². The highest BCUT2D eigenvalue weighted by atomic mass is 31.2. The number of amides is 1. The summed E-state index contributed by atoms with van der Waals surface area (Å²) in [5.74, 6) is -0.459. The van der Waals surface area contributed by atoms with Gasteiger partial charge in [-0.25, -0.2) is 4.57 Å². The molecule has 0 saturated carbocycles. The van der Waals surface area contributed by atoms with Crippen LogP contribution in [0.2, 0.25) is 0 Å². The molecule has 0 bridgehead atoms. The average Bonchev–Trinajstić information content (AvgIpc) is 3.04. The molecule has 0 aliphatic heterocycles. The summed E-state index contributed by atoms with van der Waals surface area (Å²) in [6.45, 7) is 3.82. The Kier molecular flexibility index (Phi) is 32.7. The molecule has 0 radical (unpaired) electrons. The molecule has 0 aromatic rings. The molecule has 9 nitrogen and oxygen atoms in total. The Morgan fingerprint density at radius 1 is 0.723 bits per heavy atom. The number of allylic oxidation sites excluding steroid dienone is 3. The van der Waals surface area contributed by atoms with E-state index in [-0.39, 0.29) is 19.6 Å². The SMILES string of the molecule is CCC/C=C/CC/C=C/C(O)C(COP(=O)(O)OCCN)NC(=O)CC(O)CCCCCCCCCCCCCCCCCCCC. The number of aliphatic hydroxyl groups excluding tert-OH is 2. The molecule has 0 fully saturated rings. The molecule has 0 aromatic carbocycles. The Morgan fingerprint density at radius 3 is 1.72 bits per heavy atom. The summed E-state index contributed by atoms with van der Waals surface area (Å²) in [4.78, 5) is 22.5. The smallest absolute Gasteiger partial charge is 0.393 e. The van der Waals surface area contributed by atoms with E-state index in [1.54, 1.807) is 12.2 Å². The fraction of sp³-hybridized carbons (Fsp3) is 0.865. The summed E-state index contributed by atoms with van der Waals surface area (Å²) in [6, 6.07) is -0.992. The third-order valence-corrected chi connectivity index (χ3v) is 9.30. The maximum atomic E-state index is 12.7. The van der Waals surface area contributed by atoms with Crippen LogP contribution < -0.4 is 11.1 Å². The highest BCUT2D eigenvalue weighted by molar-refractivity contribution is 7.47. The van der Waals surface area contributed by atoms with Crippen molar-refractivity contribution in [3.63, 3.8) is 0 Å². The molecule has 0 aliphatic carbocycles. The van der Waals surface area contributed by atoms with Crippen LogP contribution in [0.15, 0.2) is 24.3 Å². The van der Waals surface area contributed by atoms with E-state index in [1.165, 1.54) is 96.3 Å². The average molecular weight is 689 g/mol. The predicted molar refractivity (Wildman–Crippen MR) is 195 cm³/mol. The molecule has 0 spiro atoms. The molecular weight excluding hydrogens is 615 g/mol. The second-order valence-electron chi connectivity index (χ2n) is 13.0. The van der Waals surface area contributed by atoms with Crippen molar-refractivity contribution in [2.75, 3.05) is 19.8 Å². The Hall–Kier alpha value is -1.06. The lowest BCUT2D eigenvalue weighted by molar-refractivity contribution is -0.124. The summed E-state index contributed by atoms with van der Waals surface area (Å²) in [6.07, 6.45) is 33.0. The summed E-state index contributed by atoms with van der Waals surface area (Å²) < 4.78 is 21.9. The van der Waals surface area contributed by atoms with Crippen molar-refractivity contribution in [1.82, 2.24) is 5.32 Å². The summed E-state index contributed by atoms with van der Waals surface area (Å²) >= 11 is 0. The van der Waals surface area contributed by atoms with Crippen LogP contribution in [0.25, 0.3) is 0 Å². The zero-order valence-corrected chi connectivity index (χ0v) is 31.0. The lowest BCUT2D eigenvalue weighted by Gasteiger charge is -2.24. The van der Waals surface area contributed by atoms with E-state index in [9.17, 15) is 24.5 Å². The molecule has 0 aliphatic rings. The molecule has 0 saturated heterocycles. The topological polar surface area (TPSA) is 151 Å². The maximum absolute atomic E-state index is 12.7. The number of carbonyl (C=O) groups is 1. The van der Waals surface area contributed by atoms with E-state index in [4.69, 9.17) is 14.8 Å². The van der Waals surface area contributed by atoms with Crippen LogP contribution in [-0.4, -0.2) is 59.0 Å². The number of carbonyl (C=O) groups excluding carboxylic acids is 1. The van der Waals surface area contributed by atoms with Gasteiger partial charge >= 0.3 is 7.82 Å². The first-order chi connectivity index (χ1) is 22.8. The molecule has 278 valence electrons. The quantitative estimate of drug-likeness (QED) is 0.0252. The molecule has 0 aromatic heterocycles. The number of hydrogen-bond donors (Lipinski definition) is 5. The highest BCUT2D eigenvalue weighted by Crippen LogP contribution is 2.43. The lowest BCUT2D eigenvalue weighted by Crippen LogP contribution is -2.46. The molecular formula is C37H73N2O7P. The van der Waals surface area contributed by atoms with Gasteiger partial charge in [0.15, 0.2) is 0 Å². The van der Waals surface area contributed by atoms with Crippen LogP contribution in [0.4, 0.5) is 0 Å². The third-order valence-electron chi connectivity index (χ3n) is 8.32. The molecule has 6 N–H and O–H groups in total. The van der Waals surface area contributed by atoms with Crippen LogP contribution in [0, 0.1) is 0 Å². The second kappa shape index (κ2) is 33.4. The minimum atomic E-state index is -4.39. The van der Waals surface area contributed by atoms with Crippen LogP contribution in [0.3, 0.4) is 0 Å². The Bertz CT molecular complexity index is 812. The van der Waals surface area contributed by atoms with Crippen molar-refractivity contribution in [3.8, 4) is 0 Å². The van der Waals surface area contributed by atoms with E-state index in [2.05, 4.69) is 31.3 Å². The number of unbranched alkanes of at least 4 members (excludes halogenated alkanes) is 19. The van der Waals surface area contributed by atoms with E-state index in [0.717, 1.165) is 38.5 Å². The van der Waals surface area contributed by atoms with Gasteiger partial charge in [0.05, 0.1) is 37.9 Å². The fourth-order valence-electron chi connectivity index (χ4n) is 5.43. The zero-order valence-electron chi connectivity index (χ0n) is 30.1. The molecule has 4 atom stereocenters. The van der Waals surface area contributed by atoms with E-state index < -0.39 is 38.6 Å². The van der Waals surface area contributed by atoms with Crippen LogP contribution in [0.5, 0.6) is 0 Å². The Morgan fingerprint density at radius 2 is 1.21 bits per heavy atom. The van der Waals surface area contributed by atoms with Gasteiger partial charge in [-0.05, 0) is 25.7 Å². The molecule has 0 heterocycles. The number of rotatable bonds is 35. The number of nitrogens with one attached hydrogen (secondary N) is 1. The minimum absolute atomic E-state index is 0.0451. The predicted octanol–water partition coefficient (Wildman–Crippen LogP) is 8.80. The minimum Gasteiger partial charge on any atom is -0.393 e. The second-order valence-corrected chi connectivity index (χ2v) is 14.4. The number of phosphoric acid groups is 1. The monoisotopic (exact) mass is 689 g/mol. The van der Waals surface area contributed by atoms with Crippen molar-refractivity contribution >= 4 is 13.7 Å². The van der Waals surface area contributed by atoms with Crippen LogP contribution >= 0.6 is 7.82 Å². The van der Waals surface area contributed by atoms with E-state index in [0.29, 0.717) is 12.8 Å². The van der Waals surface area contributed by atoms with Gasteiger partial charge in [-0.2, -0.15) is 0 Å². The van der Waals surface area contributed by atoms with Gasteiger partial charge < -0.3 is 26.2 Å². The molecule has 4 unspecified atom stereocenters. The van der Waals surface area contributed by atoms with Crippen molar-refractivity contribution in [2.45, 2.75) is 186 Å². The van der Waals surface area contributed by atoms with Crippen LogP contribution in [-0.2, 0) is 18.4 Å². The first kappa shape index (κ1) is 45.9. The summed E-state index contributed by atoms with van der Waals surface area (Å²) in [7, 11) is -4.39. The zero-order chi connectivity index (χ0) is 34.9. The van der Waals surface area contributed by atoms with Crippen molar-refractivity contribution in [3.05, 3.63) is 24.3 Å². The van der Waals surface area contributed by atoms with Gasteiger partial charge in [0, 0.05) is 6.54 Å². The lowest BCUT2D eigenvalue weighted by atomic mass is 10.0. The van der Waals surface area contributed by atoms with Crippen molar-refractivity contribution < 1.29 is 33.5 Å². The van der Waals surface area contributed by atoms with Gasteiger partial charge in [0.1, 0.15) is 0 Å². The Balaban J connectivity index is 4.20. The normalized spacial score (nSPS) is 15.3. The van der Waals surface area contributed by atoms with Gasteiger partial charge in [0.2, 0.25) is 5.91 Å². The van der Waals surface area contributed by atoms with Gasteiger partial charge in [-0.15, -0.1) is 0 Å². The molecule has 47 heavy (non-hydrogen) atoms. The number of phosphoric ester groups is 1. The summed E-state index contributed by atoms with van der Waals surface area (Å²) in [5, 5.41) is 23.8. The Labute approximate surface area is 288 Å². The van der Waals surface area contributed by atoms with Gasteiger partial charge in [-0.1, -0.05) is 160 Å². The fourth-order valence-corrected chi connectivity index (χ4v) is 6.19. The van der Waals surface area contributed by atoms with Crippen LogP contribution in [0.1, 0.15) is 168 Å². The summed E-state index contributed by atoms with van der Waals surface area (Å²) in [5.41, 5.74) is 5.32. The maximum Gasteiger partial charge on any atom is 0.472 e. The molecule has 10 heteroatoms.